The van der Waals surface area contributed by atoms with Crippen LogP contribution in [0.1, 0.15) is 16.7 Å². The Morgan fingerprint density at radius 3 is 1.66 bits per heavy atom. The van der Waals surface area contributed by atoms with E-state index in [2.05, 4.69) is 76.7 Å². The number of nitrogens with zero attached hydrogens (tertiary/aromatic N) is 3. The Kier molecular flexibility index (Phi) is 5.69. The molecule has 8 rings (SSSR count). The van der Waals surface area contributed by atoms with Crippen LogP contribution in [-0.2, 0) is 0 Å². The molecule has 6 aromatic carbocycles. The third-order valence-corrected chi connectivity index (χ3v) is 8.56. The summed E-state index contributed by atoms with van der Waals surface area (Å²) in [7, 11) is 0. The van der Waals surface area contributed by atoms with Crippen molar-refractivity contribution in [1.29, 1.82) is 5.26 Å². The van der Waals surface area contributed by atoms with Crippen LogP contribution in [0.15, 0.2) is 115 Å². The molecule has 5 heteroatoms. The highest BCUT2D eigenvalue weighted by Gasteiger charge is 2.24. The summed E-state index contributed by atoms with van der Waals surface area (Å²) >= 11 is 0. The number of halogens is 2. The fourth-order valence-corrected chi connectivity index (χ4v) is 6.71. The van der Waals surface area contributed by atoms with E-state index in [0.29, 0.717) is 28.1 Å². The summed E-state index contributed by atoms with van der Waals surface area (Å²) in [4.78, 5) is 0. The van der Waals surface area contributed by atoms with E-state index in [1.807, 2.05) is 49.4 Å². The van der Waals surface area contributed by atoms with E-state index < -0.39 is 11.6 Å². The Balaban J connectivity index is 1.59. The lowest BCUT2D eigenvalue weighted by Gasteiger charge is -2.20. The van der Waals surface area contributed by atoms with Crippen LogP contribution in [0.3, 0.4) is 0 Å². The molecule has 2 heterocycles. The van der Waals surface area contributed by atoms with Gasteiger partial charge in [-0.1, -0.05) is 66.7 Å². The molecule has 0 spiro atoms. The minimum absolute atomic E-state index is 0.359. The first kappa shape index (κ1) is 25.9. The van der Waals surface area contributed by atoms with Gasteiger partial charge in [-0.3, -0.25) is 0 Å². The van der Waals surface area contributed by atoms with Crippen molar-refractivity contribution in [2.45, 2.75) is 13.8 Å². The van der Waals surface area contributed by atoms with E-state index in [-0.39, 0.29) is 0 Å². The molecule has 0 radical (unpaired) electrons. The lowest BCUT2D eigenvalue weighted by atomic mass is 9.97. The predicted molar refractivity (Wildman–Crippen MR) is 175 cm³/mol. The average Bonchev–Trinajstić information content (AvgIpc) is 3.51. The Morgan fingerprint density at radius 2 is 1.07 bits per heavy atom. The van der Waals surface area contributed by atoms with Gasteiger partial charge in [-0.2, -0.15) is 5.26 Å². The molecule has 0 aliphatic rings. The van der Waals surface area contributed by atoms with Crippen LogP contribution in [0.25, 0.3) is 66.1 Å². The number of aryl methyl sites for hydroxylation is 2. The minimum Gasteiger partial charge on any atom is -0.308 e. The maximum Gasteiger partial charge on any atom is 0.126 e. The van der Waals surface area contributed by atoms with Gasteiger partial charge >= 0.3 is 0 Å². The summed E-state index contributed by atoms with van der Waals surface area (Å²) < 4.78 is 33.6. The van der Waals surface area contributed by atoms with Crippen LogP contribution in [0.5, 0.6) is 0 Å². The molecule has 210 valence electrons. The van der Waals surface area contributed by atoms with Crippen LogP contribution >= 0.6 is 0 Å². The van der Waals surface area contributed by atoms with Gasteiger partial charge in [-0.05, 0) is 73.0 Å². The van der Waals surface area contributed by atoms with E-state index in [0.717, 1.165) is 60.8 Å². The van der Waals surface area contributed by atoms with Gasteiger partial charge in [0, 0.05) is 33.2 Å². The Labute approximate surface area is 252 Å². The van der Waals surface area contributed by atoms with Gasteiger partial charge in [0.2, 0.25) is 0 Å². The fraction of sp³-hybridized carbons (Fsp3) is 0.0513. The molecule has 0 N–H and O–H groups in total. The number of rotatable bonds is 3. The van der Waals surface area contributed by atoms with Gasteiger partial charge in [0.15, 0.2) is 0 Å². The summed E-state index contributed by atoms with van der Waals surface area (Å²) in [6.07, 6.45) is 0. The largest absolute Gasteiger partial charge is 0.308 e. The molecular weight excluding hydrogens is 548 g/mol. The van der Waals surface area contributed by atoms with Crippen molar-refractivity contribution in [3.8, 4) is 28.6 Å². The molecule has 0 amide bonds. The number of hydrogen-bond acceptors (Lipinski definition) is 1. The minimum atomic E-state index is -0.676. The zero-order chi connectivity index (χ0) is 30.1. The maximum atomic E-state index is 14.7. The van der Waals surface area contributed by atoms with Crippen LogP contribution < -0.4 is 0 Å². The Bertz CT molecular complexity index is 2490. The summed E-state index contributed by atoms with van der Waals surface area (Å²) in [5, 5.41) is 15.3. The van der Waals surface area contributed by atoms with E-state index in [1.165, 1.54) is 12.1 Å². The van der Waals surface area contributed by atoms with E-state index in [1.54, 1.807) is 0 Å². The molecule has 3 nitrogen and oxygen atoms in total. The van der Waals surface area contributed by atoms with Gasteiger partial charge in [-0.25, -0.2) is 8.78 Å². The molecule has 0 atom stereocenters. The average molecular weight is 574 g/mol. The molecule has 0 unspecified atom stereocenters. The first-order chi connectivity index (χ1) is 21.4. The standard InChI is InChI=1S/C39H25F2N3/c1-23-11-13-31-29-7-3-5-9-34(29)43(37(31)17-23)36-16-15-28(25-19-26(40)21-27(41)20-25)39(33(36)22-42)44-35-10-6-4-8-30(35)32-14-12-24(2)18-38(32)44/h3-21H,1-2H3. The second-order valence-electron chi connectivity index (χ2n) is 11.4. The predicted octanol–water partition coefficient (Wildman–Crippen LogP) is 10.3. The molecule has 0 bridgehead atoms. The normalized spacial score (nSPS) is 11.6. The smallest absolute Gasteiger partial charge is 0.126 e. The van der Waals surface area contributed by atoms with Crippen molar-refractivity contribution in [1.82, 2.24) is 9.13 Å². The molecule has 0 aliphatic heterocycles. The lowest BCUT2D eigenvalue weighted by Crippen LogP contribution is -2.06. The van der Waals surface area contributed by atoms with Crippen LogP contribution in [0.4, 0.5) is 8.78 Å². The molecule has 44 heavy (non-hydrogen) atoms. The summed E-state index contributed by atoms with van der Waals surface area (Å²) in [6.45, 7) is 4.09. The van der Waals surface area contributed by atoms with Gasteiger partial charge in [0.25, 0.3) is 0 Å². The monoisotopic (exact) mass is 573 g/mol. The van der Waals surface area contributed by atoms with E-state index in [4.69, 9.17) is 0 Å². The second kappa shape index (κ2) is 9.65. The second-order valence-corrected chi connectivity index (χ2v) is 11.4. The quantitative estimate of drug-likeness (QED) is 0.207. The van der Waals surface area contributed by atoms with Crippen molar-refractivity contribution in [2.24, 2.45) is 0 Å². The molecule has 0 saturated carbocycles. The Hall–Kier alpha value is -5.73. The highest BCUT2D eigenvalue weighted by atomic mass is 19.1. The van der Waals surface area contributed by atoms with Gasteiger partial charge < -0.3 is 9.13 Å². The number of fused-ring (bicyclic) bond motifs is 6. The number of nitriles is 1. The summed E-state index contributed by atoms with van der Waals surface area (Å²) in [5.74, 6) is -1.35. The first-order valence-electron chi connectivity index (χ1n) is 14.5. The van der Waals surface area contributed by atoms with Crippen molar-refractivity contribution < 1.29 is 8.78 Å². The maximum absolute atomic E-state index is 14.7. The number of aromatic nitrogens is 2. The van der Waals surface area contributed by atoms with Gasteiger partial charge in [0.05, 0.1) is 33.4 Å². The lowest BCUT2D eigenvalue weighted by molar-refractivity contribution is 0.584. The van der Waals surface area contributed by atoms with Crippen molar-refractivity contribution in [3.05, 3.63) is 144 Å². The molecular formula is C39H25F2N3. The van der Waals surface area contributed by atoms with Crippen molar-refractivity contribution in [2.75, 3.05) is 0 Å². The summed E-state index contributed by atoms with van der Waals surface area (Å²) in [5.41, 5.74) is 8.52. The molecule has 2 aromatic heterocycles. The van der Waals surface area contributed by atoms with Crippen LogP contribution in [0, 0.1) is 36.8 Å². The van der Waals surface area contributed by atoms with Crippen molar-refractivity contribution >= 4 is 43.6 Å². The molecule has 0 aliphatic carbocycles. The molecule has 0 fully saturated rings. The highest BCUT2D eigenvalue weighted by Crippen LogP contribution is 2.42. The number of hydrogen-bond donors (Lipinski definition) is 0. The topological polar surface area (TPSA) is 33.6 Å². The number of benzene rings is 6. The zero-order valence-electron chi connectivity index (χ0n) is 24.1. The molecule has 0 saturated heterocycles. The van der Waals surface area contributed by atoms with E-state index in [9.17, 15) is 14.0 Å². The highest BCUT2D eigenvalue weighted by molar-refractivity contribution is 6.11. The van der Waals surface area contributed by atoms with Gasteiger partial charge in [0.1, 0.15) is 23.3 Å². The Morgan fingerprint density at radius 1 is 0.545 bits per heavy atom. The third kappa shape index (κ3) is 3.78. The van der Waals surface area contributed by atoms with Crippen LogP contribution in [-0.4, -0.2) is 9.13 Å². The van der Waals surface area contributed by atoms with Crippen LogP contribution in [0.2, 0.25) is 0 Å². The van der Waals surface area contributed by atoms with E-state index >= 15 is 0 Å². The number of para-hydroxylation sites is 2. The zero-order valence-corrected chi connectivity index (χ0v) is 24.1. The van der Waals surface area contributed by atoms with Crippen molar-refractivity contribution in [3.63, 3.8) is 0 Å². The third-order valence-electron chi connectivity index (χ3n) is 8.56. The SMILES string of the molecule is Cc1ccc2c3ccccc3n(-c3ccc(-c4cc(F)cc(F)c4)c(-n4c5ccccc5c5ccc(C)cc54)c3C#N)c2c1. The van der Waals surface area contributed by atoms with Gasteiger partial charge in [-0.15, -0.1) is 0 Å². The summed E-state index contributed by atoms with van der Waals surface area (Å²) in [6, 6.07) is 38.7. The molecule has 8 aromatic rings. The fourth-order valence-electron chi connectivity index (χ4n) is 6.71. The first-order valence-corrected chi connectivity index (χ1v) is 14.5.